The molecule has 228 valence electrons. The Morgan fingerprint density at radius 3 is 1.30 bits per heavy atom. The molecule has 44 heavy (non-hydrogen) atoms. The van der Waals surface area contributed by atoms with Crippen LogP contribution >= 0.6 is 0 Å². The van der Waals surface area contributed by atoms with E-state index in [0.717, 1.165) is 44.4 Å². The SMILES string of the molecule is COCCOCCOc1ccc(-c2nc3c(ccc4c3ccc3oc(-c5ccc(OCCOCCOC)cc5)nc34)o2)cc1. The summed E-state index contributed by atoms with van der Waals surface area (Å²) in [6.07, 6.45) is 0. The number of ether oxygens (including phenoxy) is 6. The van der Waals surface area contributed by atoms with Crippen molar-refractivity contribution in [3.8, 4) is 34.4 Å². The van der Waals surface area contributed by atoms with Gasteiger partial charge in [-0.1, -0.05) is 0 Å². The molecule has 0 aliphatic heterocycles. The maximum Gasteiger partial charge on any atom is 0.227 e. The van der Waals surface area contributed by atoms with E-state index in [1.807, 2.05) is 72.8 Å². The van der Waals surface area contributed by atoms with Gasteiger partial charge in [0.05, 0.1) is 39.6 Å². The van der Waals surface area contributed by atoms with Gasteiger partial charge in [-0.2, -0.15) is 0 Å². The molecule has 0 amide bonds. The van der Waals surface area contributed by atoms with Crippen LogP contribution in [0.15, 0.2) is 81.6 Å². The Morgan fingerprint density at radius 1 is 0.477 bits per heavy atom. The maximum atomic E-state index is 6.14. The van der Waals surface area contributed by atoms with Crippen molar-refractivity contribution in [3.63, 3.8) is 0 Å². The van der Waals surface area contributed by atoms with Gasteiger partial charge < -0.3 is 37.3 Å². The van der Waals surface area contributed by atoms with Crippen LogP contribution in [0.25, 0.3) is 55.9 Å². The number of methoxy groups -OCH3 is 2. The van der Waals surface area contributed by atoms with Crippen molar-refractivity contribution in [2.45, 2.75) is 0 Å². The second-order valence-corrected chi connectivity index (χ2v) is 9.91. The van der Waals surface area contributed by atoms with Crippen LogP contribution in [0.5, 0.6) is 11.5 Å². The number of rotatable bonds is 16. The first-order chi connectivity index (χ1) is 21.7. The zero-order valence-corrected chi connectivity index (χ0v) is 24.7. The van der Waals surface area contributed by atoms with Crippen molar-refractivity contribution in [1.82, 2.24) is 9.97 Å². The lowest BCUT2D eigenvalue weighted by Gasteiger charge is -2.07. The number of nitrogens with zero attached hydrogens (tertiary/aromatic N) is 2. The second-order valence-electron chi connectivity index (χ2n) is 9.91. The van der Waals surface area contributed by atoms with E-state index in [1.54, 1.807) is 14.2 Å². The van der Waals surface area contributed by atoms with Crippen molar-refractivity contribution < 1.29 is 37.3 Å². The monoisotopic (exact) mass is 598 g/mol. The predicted molar refractivity (Wildman–Crippen MR) is 166 cm³/mol. The lowest BCUT2D eigenvalue weighted by molar-refractivity contribution is 0.0544. The standard InChI is InChI=1S/C34H34N2O8/c1-37-15-17-39-19-21-41-25-7-3-23(4-8-25)33-35-31-27-12-14-30-32(28(27)11-13-29(31)43-33)36-34(44-30)24-5-9-26(10-6-24)42-22-20-40-18-16-38-2/h3-14H,15-22H2,1-2H3. The van der Waals surface area contributed by atoms with Crippen LogP contribution in [-0.4, -0.2) is 77.0 Å². The van der Waals surface area contributed by atoms with E-state index in [9.17, 15) is 0 Å². The van der Waals surface area contributed by atoms with Crippen LogP contribution in [0.4, 0.5) is 0 Å². The average Bonchev–Trinajstić information content (AvgIpc) is 3.70. The van der Waals surface area contributed by atoms with Crippen molar-refractivity contribution in [1.29, 1.82) is 0 Å². The quantitative estimate of drug-likeness (QED) is 0.114. The van der Waals surface area contributed by atoms with Gasteiger partial charge in [-0.05, 0) is 72.8 Å². The molecular formula is C34H34N2O8. The molecular weight excluding hydrogens is 564 g/mol. The number of hydrogen-bond donors (Lipinski definition) is 0. The molecule has 6 rings (SSSR count). The summed E-state index contributed by atoms with van der Waals surface area (Å²) < 4.78 is 44.6. The number of oxazole rings is 2. The Labute approximate surface area is 254 Å². The van der Waals surface area contributed by atoms with Gasteiger partial charge in [-0.3, -0.25) is 0 Å². The van der Waals surface area contributed by atoms with E-state index in [0.29, 0.717) is 75.8 Å². The molecule has 0 aliphatic carbocycles. The van der Waals surface area contributed by atoms with E-state index in [4.69, 9.17) is 47.2 Å². The third kappa shape index (κ3) is 6.84. The second kappa shape index (κ2) is 14.3. The summed E-state index contributed by atoms with van der Waals surface area (Å²) in [5.74, 6) is 2.57. The summed E-state index contributed by atoms with van der Waals surface area (Å²) in [5.41, 5.74) is 4.64. The molecule has 0 N–H and O–H groups in total. The minimum absolute atomic E-state index is 0.460. The zero-order chi connectivity index (χ0) is 30.1. The lowest BCUT2D eigenvalue weighted by atomic mass is 10.1. The van der Waals surface area contributed by atoms with Crippen LogP contribution in [-0.2, 0) is 18.9 Å². The van der Waals surface area contributed by atoms with Gasteiger partial charge in [-0.25, -0.2) is 9.97 Å². The Hall–Kier alpha value is -4.48. The van der Waals surface area contributed by atoms with Crippen LogP contribution < -0.4 is 9.47 Å². The highest BCUT2D eigenvalue weighted by atomic mass is 16.5. The van der Waals surface area contributed by atoms with E-state index in [-0.39, 0.29) is 0 Å². The molecule has 0 aliphatic rings. The molecule has 0 spiro atoms. The van der Waals surface area contributed by atoms with Crippen molar-refractivity contribution in [2.24, 2.45) is 0 Å². The summed E-state index contributed by atoms with van der Waals surface area (Å²) in [6.45, 7) is 4.14. The smallest absolute Gasteiger partial charge is 0.227 e. The minimum Gasteiger partial charge on any atom is -0.491 e. The predicted octanol–water partition coefficient (Wildman–Crippen LogP) is 6.54. The molecule has 6 aromatic rings. The molecule has 0 saturated heterocycles. The van der Waals surface area contributed by atoms with Crippen LogP contribution in [0.2, 0.25) is 0 Å². The molecule has 0 atom stereocenters. The third-order valence-corrected chi connectivity index (χ3v) is 6.97. The van der Waals surface area contributed by atoms with Crippen LogP contribution in [0.1, 0.15) is 0 Å². The first-order valence-electron chi connectivity index (χ1n) is 14.5. The highest BCUT2D eigenvalue weighted by Crippen LogP contribution is 2.35. The summed E-state index contributed by atoms with van der Waals surface area (Å²) in [4.78, 5) is 9.69. The van der Waals surface area contributed by atoms with Gasteiger partial charge >= 0.3 is 0 Å². The van der Waals surface area contributed by atoms with Crippen LogP contribution in [0, 0.1) is 0 Å². The van der Waals surface area contributed by atoms with Crippen molar-refractivity contribution >= 4 is 33.0 Å². The molecule has 2 heterocycles. The van der Waals surface area contributed by atoms with E-state index < -0.39 is 0 Å². The first-order valence-corrected chi connectivity index (χ1v) is 14.5. The van der Waals surface area contributed by atoms with E-state index in [2.05, 4.69) is 0 Å². The molecule has 0 bridgehead atoms. The van der Waals surface area contributed by atoms with Gasteiger partial charge in [0.1, 0.15) is 35.7 Å². The van der Waals surface area contributed by atoms with E-state index in [1.165, 1.54) is 0 Å². The normalized spacial score (nSPS) is 11.6. The topological polar surface area (TPSA) is 107 Å². The van der Waals surface area contributed by atoms with Crippen molar-refractivity contribution in [2.75, 3.05) is 67.1 Å². The zero-order valence-electron chi connectivity index (χ0n) is 24.7. The molecule has 2 aromatic heterocycles. The maximum absolute atomic E-state index is 6.14. The highest BCUT2D eigenvalue weighted by molar-refractivity contribution is 6.13. The Kier molecular flexibility index (Phi) is 9.63. The number of aromatic nitrogens is 2. The molecule has 4 aromatic carbocycles. The fourth-order valence-corrected chi connectivity index (χ4v) is 4.75. The molecule has 10 heteroatoms. The molecule has 0 radical (unpaired) electrons. The van der Waals surface area contributed by atoms with Gasteiger partial charge in [0.2, 0.25) is 11.8 Å². The Morgan fingerprint density at radius 2 is 0.886 bits per heavy atom. The fourth-order valence-electron chi connectivity index (χ4n) is 4.75. The molecule has 0 unspecified atom stereocenters. The van der Waals surface area contributed by atoms with Crippen LogP contribution in [0.3, 0.4) is 0 Å². The largest absolute Gasteiger partial charge is 0.491 e. The Bertz CT molecular complexity index is 1660. The summed E-state index contributed by atoms with van der Waals surface area (Å²) in [7, 11) is 3.30. The number of benzene rings is 4. The number of fused-ring (bicyclic) bond motifs is 5. The molecule has 0 saturated carbocycles. The third-order valence-electron chi connectivity index (χ3n) is 6.97. The first kappa shape index (κ1) is 29.6. The average molecular weight is 599 g/mol. The minimum atomic E-state index is 0.460. The lowest BCUT2D eigenvalue weighted by Crippen LogP contribution is -2.09. The summed E-state index contributed by atoms with van der Waals surface area (Å²) >= 11 is 0. The van der Waals surface area contributed by atoms with Gasteiger partial charge in [0.15, 0.2) is 11.2 Å². The van der Waals surface area contributed by atoms with Gasteiger partial charge in [0, 0.05) is 36.1 Å². The summed E-state index contributed by atoms with van der Waals surface area (Å²) in [6, 6.07) is 23.2. The van der Waals surface area contributed by atoms with Crippen molar-refractivity contribution in [3.05, 3.63) is 72.8 Å². The Balaban J connectivity index is 1.16. The fraction of sp³-hybridized carbons (Fsp3) is 0.294. The van der Waals surface area contributed by atoms with Gasteiger partial charge in [0.25, 0.3) is 0 Å². The highest BCUT2D eigenvalue weighted by Gasteiger charge is 2.16. The number of hydrogen-bond acceptors (Lipinski definition) is 10. The summed E-state index contributed by atoms with van der Waals surface area (Å²) in [5, 5.41) is 1.88. The van der Waals surface area contributed by atoms with Gasteiger partial charge in [-0.15, -0.1) is 0 Å². The molecule has 10 nitrogen and oxygen atoms in total. The van der Waals surface area contributed by atoms with E-state index >= 15 is 0 Å². The molecule has 0 fully saturated rings.